The Morgan fingerprint density at radius 3 is 2.71 bits per heavy atom. The van der Waals surface area contributed by atoms with E-state index in [2.05, 4.69) is 16.1 Å². The monoisotopic (exact) mass is 199 g/mol. The summed E-state index contributed by atoms with van der Waals surface area (Å²) in [6.07, 6.45) is 1.15. The normalized spacial score (nSPS) is 11.6. The molecular formula is C10H14O4. The van der Waals surface area contributed by atoms with Crippen molar-refractivity contribution in [1.29, 1.82) is 0 Å². The summed E-state index contributed by atoms with van der Waals surface area (Å²) in [7, 11) is 1.18. The Hall–Kier alpha value is -1.58. The SMILES string of the molecule is [2H]/C(=C\C(=C)CC(=O)OCC)C(=O)OC. The second-order valence-electron chi connectivity index (χ2n) is 2.42. The van der Waals surface area contributed by atoms with E-state index in [-0.39, 0.29) is 12.5 Å². The van der Waals surface area contributed by atoms with Crippen molar-refractivity contribution in [3.8, 4) is 0 Å². The second kappa shape index (κ2) is 6.88. The Balaban J connectivity index is 4.24. The van der Waals surface area contributed by atoms with Crippen molar-refractivity contribution in [2.45, 2.75) is 13.3 Å². The molecule has 0 heterocycles. The first-order valence-electron chi connectivity index (χ1n) is 4.61. The summed E-state index contributed by atoms with van der Waals surface area (Å²) in [5.41, 5.74) is 0.337. The zero-order valence-corrected chi connectivity index (χ0v) is 8.33. The first kappa shape index (κ1) is 10.5. The predicted molar refractivity (Wildman–Crippen MR) is 51.5 cm³/mol. The molecule has 0 fully saturated rings. The molecule has 0 N–H and O–H groups in total. The van der Waals surface area contributed by atoms with Gasteiger partial charge in [-0.3, -0.25) is 4.79 Å². The number of methoxy groups -OCH3 is 1. The number of hydrogen-bond donors (Lipinski definition) is 0. The predicted octanol–water partition coefficient (Wildman–Crippen LogP) is 1.23. The highest BCUT2D eigenvalue weighted by Crippen LogP contribution is 2.01. The minimum atomic E-state index is -0.764. The van der Waals surface area contributed by atoms with Crippen LogP contribution >= 0.6 is 0 Å². The van der Waals surface area contributed by atoms with Gasteiger partial charge in [-0.25, -0.2) is 4.79 Å². The van der Waals surface area contributed by atoms with Gasteiger partial charge in [-0.1, -0.05) is 12.7 Å². The first-order chi connectivity index (χ1) is 7.01. The number of hydrogen-bond acceptors (Lipinski definition) is 4. The molecule has 0 spiro atoms. The molecule has 0 aromatic rings. The fraction of sp³-hybridized carbons (Fsp3) is 0.400. The summed E-state index contributed by atoms with van der Waals surface area (Å²) in [5, 5.41) is 0. The van der Waals surface area contributed by atoms with E-state index in [0.29, 0.717) is 12.2 Å². The molecule has 0 atom stereocenters. The zero-order chi connectivity index (χ0) is 11.8. The van der Waals surface area contributed by atoms with Crippen molar-refractivity contribution in [1.82, 2.24) is 0 Å². The smallest absolute Gasteiger partial charge is 0.330 e. The van der Waals surface area contributed by atoms with Gasteiger partial charge >= 0.3 is 11.9 Å². The maximum atomic E-state index is 11.0. The molecule has 0 aliphatic rings. The molecule has 0 saturated carbocycles. The maximum Gasteiger partial charge on any atom is 0.330 e. The Kier molecular flexibility index (Phi) is 5.16. The Morgan fingerprint density at radius 1 is 1.57 bits per heavy atom. The highest BCUT2D eigenvalue weighted by molar-refractivity contribution is 5.83. The molecule has 0 amide bonds. The molecular weight excluding hydrogens is 184 g/mol. The van der Waals surface area contributed by atoms with Crippen LogP contribution in [0.2, 0.25) is 0 Å². The number of rotatable bonds is 5. The average molecular weight is 199 g/mol. The summed E-state index contributed by atoms with van der Waals surface area (Å²) in [4.78, 5) is 21.8. The van der Waals surface area contributed by atoms with Gasteiger partial charge in [0.2, 0.25) is 0 Å². The van der Waals surface area contributed by atoms with Crippen molar-refractivity contribution in [3.05, 3.63) is 24.3 Å². The van der Waals surface area contributed by atoms with Crippen molar-refractivity contribution >= 4 is 11.9 Å². The van der Waals surface area contributed by atoms with Crippen LogP contribution in [-0.2, 0) is 19.1 Å². The van der Waals surface area contributed by atoms with Gasteiger partial charge < -0.3 is 9.47 Å². The number of allylic oxidation sites excluding steroid dienone is 1. The Bertz CT molecular complexity index is 294. The molecule has 4 heteroatoms. The van der Waals surface area contributed by atoms with E-state index in [4.69, 9.17) is 1.37 Å². The highest BCUT2D eigenvalue weighted by Gasteiger charge is 2.02. The van der Waals surface area contributed by atoms with Crippen molar-refractivity contribution in [3.63, 3.8) is 0 Å². The lowest BCUT2D eigenvalue weighted by atomic mass is 10.2. The van der Waals surface area contributed by atoms with Gasteiger partial charge in [0.1, 0.15) is 0 Å². The minimum absolute atomic E-state index is 0.0345. The van der Waals surface area contributed by atoms with Gasteiger partial charge in [-0.15, -0.1) is 0 Å². The number of ether oxygens (including phenoxy) is 2. The standard InChI is InChI=1S/C10H14O4/c1-4-14-10(12)7-8(2)5-6-9(11)13-3/h5-6H,2,4,7H2,1,3H3/b6-5+/i6D. The fourth-order valence-corrected chi connectivity index (χ4v) is 0.668. The van der Waals surface area contributed by atoms with Gasteiger partial charge in [0.25, 0.3) is 0 Å². The van der Waals surface area contributed by atoms with E-state index < -0.39 is 11.9 Å². The molecule has 0 aliphatic heterocycles. The molecule has 0 rings (SSSR count). The van der Waals surface area contributed by atoms with E-state index in [1.165, 1.54) is 13.2 Å². The lowest BCUT2D eigenvalue weighted by molar-refractivity contribution is -0.142. The molecule has 0 aliphatic carbocycles. The van der Waals surface area contributed by atoms with Crippen molar-refractivity contribution < 1.29 is 20.4 Å². The summed E-state index contributed by atoms with van der Waals surface area (Å²) >= 11 is 0. The van der Waals surface area contributed by atoms with Crippen molar-refractivity contribution in [2.24, 2.45) is 0 Å². The van der Waals surface area contributed by atoms with E-state index >= 15 is 0 Å². The van der Waals surface area contributed by atoms with Crippen LogP contribution in [0.15, 0.2) is 24.3 Å². The molecule has 0 unspecified atom stereocenters. The largest absolute Gasteiger partial charge is 0.466 e. The quantitative estimate of drug-likeness (QED) is 0.379. The second-order valence-corrected chi connectivity index (χ2v) is 2.42. The van der Waals surface area contributed by atoms with Crippen LogP contribution in [0.25, 0.3) is 0 Å². The molecule has 0 aromatic heterocycles. The highest BCUT2D eigenvalue weighted by atomic mass is 16.5. The first-order valence-corrected chi connectivity index (χ1v) is 4.11. The molecule has 0 saturated heterocycles. The molecule has 0 bridgehead atoms. The fourth-order valence-electron chi connectivity index (χ4n) is 0.668. The molecule has 78 valence electrons. The van der Waals surface area contributed by atoms with Crippen LogP contribution in [0.3, 0.4) is 0 Å². The van der Waals surface area contributed by atoms with E-state index in [9.17, 15) is 9.59 Å². The van der Waals surface area contributed by atoms with E-state index in [1.54, 1.807) is 6.92 Å². The van der Waals surface area contributed by atoms with Gasteiger partial charge in [0.15, 0.2) is 0 Å². The average Bonchev–Trinajstić information content (AvgIpc) is 2.16. The van der Waals surface area contributed by atoms with Crippen LogP contribution < -0.4 is 0 Å². The van der Waals surface area contributed by atoms with Crippen LogP contribution in [0, 0.1) is 0 Å². The third kappa shape index (κ3) is 5.99. The van der Waals surface area contributed by atoms with E-state index in [1.807, 2.05) is 0 Å². The summed E-state index contributed by atoms with van der Waals surface area (Å²) in [6.45, 7) is 5.52. The number of esters is 2. The molecule has 0 aromatic carbocycles. The van der Waals surface area contributed by atoms with Crippen LogP contribution in [-0.4, -0.2) is 25.7 Å². The van der Waals surface area contributed by atoms with Gasteiger partial charge in [-0.2, -0.15) is 0 Å². The van der Waals surface area contributed by atoms with Crippen molar-refractivity contribution in [2.75, 3.05) is 13.7 Å². The van der Waals surface area contributed by atoms with Crippen LogP contribution in [0.5, 0.6) is 0 Å². The number of carbonyl (C=O) groups excluding carboxylic acids is 2. The summed E-state index contributed by atoms with van der Waals surface area (Å²) in [6, 6.07) is -0.341. The molecule has 4 nitrogen and oxygen atoms in total. The van der Waals surface area contributed by atoms with Gasteiger partial charge in [-0.05, 0) is 12.5 Å². The summed E-state index contributed by atoms with van der Waals surface area (Å²) in [5.74, 6) is -1.20. The van der Waals surface area contributed by atoms with Gasteiger partial charge in [0, 0.05) is 6.05 Å². The number of carbonyl (C=O) groups is 2. The lowest BCUT2D eigenvalue weighted by Gasteiger charge is -2.00. The minimum Gasteiger partial charge on any atom is -0.466 e. The maximum absolute atomic E-state index is 11.0. The third-order valence-corrected chi connectivity index (χ3v) is 1.26. The summed E-state index contributed by atoms with van der Waals surface area (Å²) < 4.78 is 16.2. The topological polar surface area (TPSA) is 52.6 Å². The Labute approximate surface area is 84.6 Å². The van der Waals surface area contributed by atoms with E-state index in [0.717, 1.165) is 0 Å². The third-order valence-electron chi connectivity index (χ3n) is 1.26. The lowest BCUT2D eigenvalue weighted by Crippen LogP contribution is -2.04. The van der Waals surface area contributed by atoms with Gasteiger partial charge in [0.05, 0.1) is 21.5 Å². The molecule has 14 heavy (non-hydrogen) atoms. The van der Waals surface area contributed by atoms with Crippen LogP contribution in [0.4, 0.5) is 0 Å². The zero-order valence-electron chi connectivity index (χ0n) is 9.33. The molecule has 0 radical (unpaired) electrons. The Morgan fingerprint density at radius 2 is 2.21 bits per heavy atom. The van der Waals surface area contributed by atoms with Crippen LogP contribution in [0.1, 0.15) is 14.7 Å².